The molecule has 0 radical (unpaired) electrons. The van der Waals surface area contributed by atoms with E-state index in [0.717, 1.165) is 5.56 Å². The Bertz CT molecular complexity index is 1020. The van der Waals surface area contributed by atoms with E-state index in [9.17, 15) is 18.4 Å². The predicted molar refractivity (Wildman–Crippen MR) is 101 cm³/mol. The first kappa shape index (κ1) is 19.4. The third-order valence-electron chi connectivity index (χ3n) is 4.30. The molecule has 144 valence electrons. The molecule has 0 aliphatic rings. The fourth-order valence-electron chi connectivity index (χ4n) is 2.74. The summed E-state index contributed by atoms with van der Waals surface area (Å²) in [4.78, 5) is 24.2. The zero-order chi connectivity index (χ0) is 20.1. The fourth-order valence-corrected chi connectivity index (χ4v) is 2.74. The van der Waals surface area contributed by atoms with Crippen molar-refractivity contribution in [3.63, 3.8) is 0 Å². The summed E-state index contributed by atoms with van der Waals surface area (Å²) in [6, 6.07) is 14.3. The lowest BCUT2D eigenvalue weighted by Crippen LogP contribution is -2.30. The van der Waals surface area contributed by atoms with Crippen molar-refractivity contribution in [3.8, 4) is 11.3 Å². The first-order chi connectivity index (χ1) is 13.4. The number of nitrogens with zero attached hydrogens (tertiary/aromatic N) is 2. The molecule has 0 aliphatic carbocycles. The van der Waals surface area contributed by atoms with Crippen LogP contribution >= 0.6 is 0 Å². The summed E-state index contributed by atoms with van der Waals surface area (Å²) in [5, 5.41) is 7.06. The van der Waals surface area contributed by atoms with Gasteiger partial charge in [0, 0.05) is 18.1 Å². The summed E-state index contributed by atoms with van der Waals surface area (Å²) in [6.07, 6.45) is 0.0608. The van der Waals surface area contributed by atoms with Gasteiger partial charge in [-0.3, -0.25) is 9.59 Å². The highest BCUT2D eigenvalue weighted by Gasteiger charge is 2.11. The van der Waals surface area contributed by atoms with Crippen molar-refractivity contribution in [1.29, 1.82) is 0 Å². The van der Waals surface area contributed by atoms with Crippen LogP contribution in [0.25, 0.3) is 11.3 Å². The summed E-state index contributed by atoms with van der Waals surface area (Å²) in [5.41, 5.74) is 1.64. The van der Waals surface area contributed by atoms with Crippen molar-refractivity contribution in [2.24, 2.45) is 0 Å². The average molecular weight is 383 g/mol. The predicted octanol–water partition coefficient (Wildman–Crippen LogP) is 3.46. The highest BCUT2D eigenvalue weighted by atomic mass is 19.1. The molecule has 7 heteroatoms. The number of nitrogens with one attached hydrogen (secondary N) is 1. The third kappa shape index (κ3) is 4.88. The normalized spacial score (nSPS) is 11.8. The zero-order valence-electron chi connectivity index (χ0n) is 15.2. The van der Waals surface area contributed by atoms with Crippen LogP contribution in [0, 0.1) is 11.6 Å². The van der Waals surface area contributed by atoms with Crippen LogP contribution in [0.4, 0.5) is 8.78 Å². The quantitative estimate of drug-likeness (QED) is 0.709. The first-order valence-corrected chi connectivity index (χ1v) is 8.81. The van der Waals surface area contributed by atoms with Gasteiger partial charge in [-0.05, 0) is 55.0 Å². The van der Waals surface area contributed by atoms with Crippen LogP contribution in [-0.2, 0) is 11.3 Å². The topological polar surface area (TPSA) is 64.0 Å². The van der Waals surface area contributed by atoms with Crippen LogP contribution in [0.3, 0.4) is 0 Å². The van der Waals surface area contributed by atoms with Crippen LogP contribution in [0.2, 0.25) is 0 Å². The number of hydrogen-bond acceptors (Lipinski definition) is 3. The SMILES string of the molecule is C[C@@H](NC(=O)CCn1nc(-c2ccc(F)cc2)ccc1=O)c1ccc(F)cc1. The van der Waals surface area contributed by atoms with Gasteiger partial charge in [0.2, 0.25) is 5.91 Å². The Hall–Kier alpha value is -3.35. The minimum absolute atomic E-state index is 0.0608. The molecule has 3 aromatic rings. The molecule has 1 amide bonds. The van der Waals surface area contributed by atoms with Crippen molar-refractivity contribution in [2.45, 2.75) is 25.9 Å². The van der Waals surface area contributed by atoms with Crippen molar-refractivity contribution >= 4 is 5.91 Å². The number of aryl methyl sites for hydroxylation is 1. The van der Waals surface area contributed by atoms with E-state index in [-0.39, 0.29) is 42.1 Å². The lowest BCUT2D eigenvalue weighted by Gasteiger charge is -2.14. The van der Waals surface area contributed by atoms with Crippen molar-refractivity contribution in [1.82, 2.24) is 15.1 Å². The van der Waals surface area contributed by atoms with E-state index < -0.39 is 0 Å². The molecule has 28 heavy (non-hydrogen) atoms. The molecule has 1 atom stereocenters. The second-order valence-corrected chi connectivity index (χ2v) is 6.38. The van der Waals surface area contributed by atoms with Gasteiger partial charge in [-0.2, -0.15) is 5.10 Å². The van der Waals surface area contributed by atoms with Gasteiger partial charge < -0.3 is 5.32 Å². The van der Waals surface area contributed by atoms with Crippen LogP contribution in [0.1, 0.15) is 24.9 Å². The van der Waals surface area contributed by atoms with E-state index in [1.54, 1.807) is 37.3 Å². The van der Waals surface area contributed by atoms with E-state index in [2.05, 4.69) is 10.4 Å². The molecule has 1 N–H and O–H groups in total. The van der Waals surface area contributed by atoms with Gasteiger partial charge in [0.15, 0.2) is 0 Å². The van der Waals surface area contributed by atoms with E-state index in [0.29, 0.717) is 11.3 Å². The molecule has 0 saturated carbocycles. The number of halogens is 2. The lowest BCUT2D eigenvalue weighted by atomic mass is 10.1. The smallest absolute Gasteiger partial charge is 0.266 e. The van der Waals surface area contributed by atoms with E-state index in [4.69, 9.17) is 0 Å². The minimum Gasteiger partial charge on any atom is -0.350 e. The largest absolute Gasteiger partial charge is 0.350 e. The summed E-state index contributed by atoms with van der Waals surface area (Å²) >= 11 is 0. The second-order valence-electron chi connectivity index (χ2n) is 6.38. The summed E-state index contributed by atoms with van der Waals surface area (Å²) < 4.78 is 27.3. The Kier molecular flexibility index (Phi) is 5.93. The number of amides is 1. The highest BCUT2D eigenvalue weighted by Crippen LogP contribution is 2.16. The molecule has 0 unspecified atom stereocenters. The summed E-state index contributed by atoms with van der Waals surface area (Å²) in [6.45, 7) is 1.90. The van der Waals surface area contributed by atoms with Gasteiger partial charge in [-0.15, -0.1) is 0 Å². The molecule has 1 heterocycles. The van der Waals surface area contributed by atoms with Crippen molar-refractivity contribution in [2.75, 3.05) is 0 Å². The lowest BCUT2D eigenvalue weighted by molar-refractivity contribution is -0.122. The molecule has 0 saturated heterocycles. The Balaban J connectivity index is 1.64. The van der Waals surface area contributed by atoms with Crippen molar-refractivity contribution < 1.29 is 13.6 Å². The van der Waals surface area contributed by atoms with Crippen LogP contribution in [0.5, 0.6) is 0 Å². The Labute approximate surface area is 160 Å². The van der Waals surface area contributed by atoms with E-state index in [1.807, 2.05) is 0 Å². The average Bonchev–Trinajstić information content (AvgIpc) is 2.68. The number of rotatable bonds is 6. The van der Waals surface area contributed by atoms with Crippen LogP contribution < -0.4 is 10.9 Å². The highest BCUT2D eigenvalue weighted by molar-refractivity contribution is 5.76. The standard InChI is InChI=1S/C21H19F2N3O2/c1-14(15-2-6-17(22)7-3-15)24-20(27)12-13-26-21(28)11-10-19(25-26)16-4-8-18(23)9-5-16/h2-11,14H,12-13H2,1H3,(H,24,27)/t14-/m1/s1. The van der Waals surface area contributed by atoms with Gasteiger partial charge in [0.25, 0.3) is 5.56 Å². The molecule has 0 fully saturated rings. The Morgan fingerprint density at radius 1 is 1.00 bits per heavy atom. The van der Waals surface area contributed by atoms with Gasteiger partial charge in [0.05, 0.1) is 18.3 Å². The Morgan fingerprint density at radius 3 is 2.25 bits per heavy atom. The molecule has 0 aliphatic heterocycles. The van der Waals surface area contributed by atoms with Gasteiger partial charge in [0.1, 0.15) is 11.6 Å². The molecular weight excluding hydrogens is 364 g/mol. The summed E-state index contributed by atoms with van der Waals surface area (Å²) in [7, 11) is 0. The monoisotopic (exact) mass is 383 g/mol. The third-order valence-corrected chi connectivity index (χ3v) is 4.30. The van der Waals surface area contributed by atoms with Crippen molar-refractivity contribution in [3.05, 3.63) is 88.2 Å². The molecule has 0 bridgehead atoms. The minimum atomic E-state index is -0.357. The summed E-state index contributed by atoms with van der Waals surface area (Å²) in [5.74, 6) is -0.949. The number of hydrogen-bond donors (Lipinski definition) is 1. The van der Waals surface area contributed by atoms with Crippen LogP contribution in [0.15, 0.2) is 65.5 Å². The first-order valence-electron chi connectivity index (χ1n) is 8.81. The van der Waals surface area contributed by atoms with Gasteiger partial charge >= 0.3 is 0 Å². The van der Waals surface area contributed by atoms with Crippen LogP contribution in [-0.4, -0.2) is 15.7 Å². The maximum atomic E-state index is 13.1. The molecule has 2 aromatic carbocycles. The number of benzene rings is 2. The second kappa shape index (κ2) is 8.56. The molecule has 0 spiro atoms. The fraction of sp³-hybridized carbons (Fsp3) is 0.190. The number of carbonyl (C=O) groups excluding carboxylic acids is 1. The number of carbonyl (C=O) groups is 1. The van der Waals surface area contributed by atoms with E-state index in [1.165, 1.54) is 35.0 Å². The maximum absolute atomic E-state index is 13.1. The molecular formula is C21H19F2N3O2. The maximum Gasteiger partial charge on any atom is 0.266 e. The molecule has 1 aromatic heterocycles. The molecule has 3 rings (SSSR count). The van der Waals surface area contributed by atoms with Gasteiger partial charge in [-0.1, -0.05) is 12.1 Å². The van der Waals surface area contributed by atoms with Gasteiger partial charge in [-0.25, -0.2) is 13.5 Å². The zero-order valence-corrected chi connectivity index (χ0v) is 15.2. The van der Waals surface area contributed by atoms with E-state index >= 15 is 0 Å². The molecule has 5 nitrogen and oxygen atoms in total. The number of aromatic nitrogens is 2. The Morgan fingerprint density at radius 2 is 1.61 bits per heavy atom.